The Morgan fingerprint density at radius 1 is 1.12 bits per heavy atom. The zero-order valence-corrected chi connectivity index (χ0v) is 16.4. The average molecular weight is 423 g/mol. The summed E-state index contributed by atoms with van der Waals surface area (Å²) in [7, 11) is 0. The molecule has 0 radical (unpaired) electrons. The summed E-state index contributed by atoms with van der Waals surface area (Å²) >= 11 is 8.55. The quantitative estimate of drug-likeness (QED) is 0.687. The Labute approximate surface area is 160 Å². The molecule has 2 N–H and O–H groups in total. The van der Waals surface area contributed by atoms with Gasteiger partial charge in [-0.2, -0.15) is 0 Å². The van der Waals surface area contributed by atoms with E-state index in [-0.39, 0.29) is 17.6 Å². The van der Waals surface area contributed by atoms with E-state index in [2.05, 4.69) is 26.6 Å². The van der Waals surface area contributed by atoms with E-state index in [1.54, 1.807) is 6.07 Å². The van der Waals surface area contributed by atoms with Gasteiger partial charge in [-0.3, -0.25) is 10.1 Å². The Kier molecular flexibility index (Phi) is 7.21. The number of benzene rings is 2. The number of aryl methyl sites for hydroxylation is 1. The summed E-state index contributed by atoms with van der Waals surface area (Å²) in [5.74, 6) is 1.08. The molecule has 0 fully saturated rings. The van der Waals surface area contributed by atoms with Crippen molar-refractivity contribution in [2.75, 3.05) is 18.5 Å². The minimum absolute atomic E-state index is 0.119. The van der Waals surface area contributed by atoms with E-state index in [9.17, 15) is 4.79 Å². The van der Waals surface area contributed by atoms with Gasteiger partial charge in [-0.1, -0.05) is 15.9 Å². The number of anilines is 1. The molecule has 0 bridgehead atoms. The van der Waals surface area contributed by atoms with Crippen LogP contribution in [0.25, 0.3) is 0 Å². The van der Waals surface area contributed by atoms with Gasteiger partial charge < -0.3 is 14.8 Å². The number of amides is 1. The average Bonchev–Trinajstić information content (AvgIpc) is 2.58. The Hall–Kier alpha value is -2.12. The van der Waals surface area contributed by atoms with Gasteiger partial charge in [0.05, 0.1) is 6.61 Å². The maximum absolute atomic E-state index is 11.9. The monoisotopic (exact) mass is 422 g/mol. The molecule has 0 unspecified atom stereocenters. The molecule has 132 valence electrons. The van der Waals surface area contributed by atoms with Crippen LogP contribution in [0, 0.1) is 6.92 Å². The Bertz CT molecular complexity index is 750. The third-order valence-corrected chi connectivity index (χ3v) is 4.27. The van der Waals surface area contributed by atoms with Gasteiger partial charge in [-0.25, -0.2) is 0 Å². The van der Waals surface area contributed by atoms with E-state index in [0.717, 1.165) is 21.5 Å². The van der Waals surface area contributed by atoms with Crippen LogP contribution in [0.5, 0.6) is 11.5 Å². The molecule has 7 heteroatoms. The molecule has 0 heterocycles. The van der Waals surface area contributed by atoms with Crippen LogP contribution in [-0.2, 0) is 4.79 Å². The number of carbonyl (C=O) groups excluding carboxylic acids is 1. The fraction of sp³-hybridized carbons (Fsp3) is 0.222. The molecule has 0 spiro atoms. The van der Waals surface area contributed by atoms with Crippen LogP contribution in [0.1, 0.15) is 12.5 Å². The lowest BCUT2D eigenvalue weighted by molar-refractivity contribution is -0.121. The number of nitrogens with one attached hydrogen (secondary N) is 2. The van der Waals surface area contributed by atoms with Crippen LogP contribution in [0.2, 0.25) is 0 Å². The normalized spacial score (nSPS) is 10.0. The lowest BCUT2D eigenvalue weighted by atomic mass is 10.2. The molecule has 0 atom stereocenters. The van der Waals surface area contributed by atoms with E-state index in [1.807, 2.05) is 50.2 Å². The Morgan fingerprint density at radius 3 is 2.44 bits per heavy atom. The minimum atomic E-state index is -0.330. The van der Waals surface area contributed by atoms with Gasteiger partial charge in [0.15, 0.2) is 11.7 Å². The molecule has 2 aromatic rings. The predicted molar refractivity (Wildman–Crippen MR) is 106 cm³/mol. The number of hydrogen-bond donors (Lipinski definition) is 2. The molecule has 0 aromatic heterocycles. The molecule has 2 rings (SSSR count). The SMILES string of the molecule is CCOc1ccc(NC(=S)NC(=O)COc2ccc(Br)c(C)c2)cc1. The first-order valence-corrected chi connectivity index (χ1v) is 8.90. The summed E-state index contributed by atoms with van der Waals surface area (Å²) in [6.45, 7) is 4.37. The number of thiocarbonyl (C=S) groups is 1. The van der Waals surface area contributed by atoms with Crippen molar-refractivity contribution in [3.63, 3.8) is 0 Å². The highest BCUT2D eigenvalue weighted by Gasteiger charge is 2.07. The van der Waals surface area contributed by atoms with E-state index in [0.29, 0.717) is 12.4 Å². The minimum Gasteiger partial charge on any atom is -0.494 e. The highest BCUT2D eigenvalue weighted by atomic mass is 79.9. The third kappa shape index (κ3) is 6.36. The molecule has 0 aliphatic heterocycles. The van der Waals surface area contributed by atoms with Crippen molar-refractivity contribution < 1.29 is 14.3 Å². The van der Waals surface area contributed by atoms with Gasteiger partial charge in [-0.05, 0) is 74.1 Å². The lowest BCUT2D eigenvalue weighted by Crippen LogP contribution is -2.37. The smallest absolute Gasteiger partial charge is 0.264 e. The van der Waals surface area contributed by atoms with Crippen LogP contribution in [0.3, 0.4) is 0 Å². The second kappa shape index (κ2) is 9.39. The van der Waals surface area contributed by atoms with Crippen molar-refractivity contribution >= 4 is 44.9 Å². The maximum Gasteiger partial charge on any atom is 0.264 e. The van der Waals surface area contributed by atoms with Crippen LogP contribution in [0.4, 0.5) is 5.69 Å². The molecular weight excluding hydrogens is 404 g/mol. The van der Waals surface area contributed by atoms with Crippen molar-refractivity contribution in [1.29, 1.82) is 0 Å². The standard InChI is InChI=1S/C18H19BrN2O3S/c1-3-23-14-6-4-13(5-7-14)20-18(25)21-17(22)11-24-15-8-9-16(19)12(2)10-15/h4-10H,3,11H2,1-2H3,(H2,20,21,22,25). The van der Waals surface area contributed by atoms with Gasteiger partial charge in [0.1, 0.15) is 11.5 Å². The summed E-state index contributed by atoms with van der Waals surface area (Å²) < 4.78 is 11.8. The van der Waals surface area contributed by atoms with Crippen molar-refractivity contribution in [1.82, 2.24) is 5.32 Å². The van der Waals surface area contributed by atoms with Gasteiger partial charge in [0.2, 0.25) is 0 Å². The number of halogens is 1. The summed E-state index contributed by atoms with van der Waals surface area (Å²) in [5, 5.41) is 5.73. The fourth-order valence-corrected chi connectivity index (χ4v) is 2.46. The molecule has 0 aliphatic carbocycles. The van der Waals surface area contributed by atoms with Crippen molar-refractivity contribution in [3.05, 3.63) is 52.5 Å². The molecule has 0 saturated heterocycles. The molecule has 25 heavy (non-hydrogen) atoms. The zero-order chi connectivity index (χ0) is 18.2. The van der Waals surface area contributed by atoms with E-state index in [1.165, 1.54) is 0 Å². The molecule has 0 saturated carbocycles. The van der Waals surface area contributed by atoms with Crippen LogP contribution < -0.4 is 20.1 Å². The molecular formula is C18H19BrN2O3S. The van der Waals surface area contributed by atoms with Crippen molar-refractivity contribution in [2.45, 2.75) is 13.8 Å². The summed E-state index contributed by atoms with van der Waals surface area (Å²) in [6.07, 6.45) is 0. The molecule has 0 aliphatic rings. The first-order chi connectivity index (χ1) is 12.0. The number of carbonyl (C=O) groups is 1. The van der Waals surface area contributed by atoms with Crippen LogP contribution >= 0.6 is 28.1 Å². The predicted octanol–water partition coefficient (Wildman–Crippen LogP) is 4.05. The van der Waals surface area contributed by atoms with Gasteiger partial charge in [0, 0.05) is 10.2 Å². The molecule has 5 nitrogen and oxygen atoms in total. The molecule has 1 amide bonds. The summed E-state index contributed by atoms with van der Waals surface area (Å²) in [6, 6.07) is 12.8. The van der Waals surface area contributed by atoms with Crippen molar-refractivity contribution in [2.24, 2.45) is 0 Å². The topological polar surface area (TPSA) is 59.6 Å². The first kappa shape index (κ1) is 19.2. The molecule has 2 aromatic carbocycles. The maximum atomic E-state index is 11.9. The van der Waals surface area contributed by atoms with Gasteiger partial charge in [0.25, 0.3) is 5.91 Å². The highest BCUT2D eigenvalue weighted by molar-refractivity contribution is 9.10. The van der Waals surface area contributed by atoms with Crippen molar-refractivity contribution in [3.8, 4) is 11.5 Å². The second-order valence-corrected chi connectivity index (χ2v) is 6.42. The van der Waals surface area contributed by atoms with E-state index in [4.69, 9.17) is 21.7 Å². The number of rotatable bonds is 6. The summed E-state index contributed by atoms with van der Waals surface area (Å²) in [4.78, 5) is 11.9. The first-order valence-electron chi connectivity index (χ1n) is 7.70. The van der Waals surface area contributed by atoms with Crippen LogP contribution in [0.15, 0.2) is 46.9 Å². The number of hydrogen-bond acceptors (Lipinski definition) is 4. The Balaban J connectivity index is 1.79. The third-order valence-electron chi connectivity index (χ3n) is 3.18. The van der Waals surface area contributed by atoms with E-state index < -0.39 is 0 Å². The van der Waals surface area contributed by atoms with E-state index >= 15 is 0 Å². The number of ether oxygens (including phenoxy) is 2. The highest BCUT2D eigenvalue weighted by Crippen LogP contribution is 2.21. The van der Waals surface area contributed by atoms with Gasteiger partial charge in [-0.15, -0.1) is 0 Å². The lowest BCUT2D eigenvalue weighted by Gasteiger charge is -2.11. The van der Waals surface area contributed by atoms with Crippen LogP contribution in [-0.4, -0.2) is 24.2 Å². The fourth-order valence-electron chi connectivity index (χ4n) is 1.98. The zero-order valence-electron chi connectivity index (χ0n) is 14.0. The largest absolute Gasteiger partial charge is 0.494 e. The summed E-state index contributed by atoms with van der Waals surface area (Å²) in [5.41, 5.74) is 1.80. The Morgan fingerprint density at radius 2 is 1.80 bits per heavy atom. The van der Waals surface area contributed by atoms with Gasteiger partial charge >= 0.3 is 0 Å². The second-order valence-electron chi connectivity index (χ2n) is 5.16.